The van der Waals surface area contributed by atoms with Crippen LogP contribution in [0.25, 0.3) is 0 Å². The molecule has 1 heterocycles. The zero-order chi connectivity index (χ0) is 10.6. The van der Waals surface area contributed by atoms with Gasteiger partial charge in [0, 0.05) is 19.6 Å². The number of morpholine rings is 1. The number of ether oxygens (including phenoxy) is 1. The van der Waals surface area contributed by atoms with E-state index in [0.717, 1.165) is 39.1 Å². The Morgan fingerprint density at radius 3 is 2.79 bits per heavy atom. The lowest BCUT2D eigenvalue weighted by molar-refractivity contribution is -0.0609. The zero-order valence-corrected chi connectivity index (χ0v) is 9.62. The van der Waals surface area contributed by atoms with Crippen molar-refractivity contribution >= 4 is 0 Å². The van der Waals surface area contributed by atoms with Gasteiger partial charge in [0.1, 0.15) is 0 Å². The second-order valence-electron chi connectivity index (χ2n) is 4.49. The number of β-amino-alcohol motifs (C(OH)–C–C–N with tert-alkyl or cyclic N) is 1. The van der Waals surface area contributed by atoms with Crippen LogP contribution in [-0.4, -0.2) is 48.0 Å². The third-order valence-corrected chi connectivity index (χ3v) is 3.00. The Balaban J connectivity index is 2.37. The van der Waals surface area contributed by atoms with Crippen molar-refractivity contribution in [2.45, 2.75) is 45.3 Å². The van der Waals surface area contributed by atoms with Gasteiger partial charge >= 0.3 is 0 Å². The average Bonchev–Trinajstić information content (AvgIpc) is 2.17. The van der Waals surface area contributed by atoms with E-state index in [9.17, 15) is 5.11 Å². The van der Waals surface area contributed by atoms with Crippen molar-refractivity contribution in [2.75, 3.05) is 26.2 Å². The van der Waals surface area contributed by atoms with Gasteiger partial charge in [0.25, 0.3) is 0 Å². The topological polar surface area (TPSA) is 32.7 Å². The first-order valence-electron chi connectivity index (χ1n) is 5.63. The minimum absolute atomic E-state index is 0.358. The van der Waals surface area contributed by atoms with Crippen molar-refractivity contribution in [2.24, 2.45) is 0 Å². The lowest BCUT2D eigenvalue weighted by atomic mass is 10.0. The smallest absolute Gasteiger partial charge is 0.0743 e. The molecule has 0 aromatic rings. The van der Waals surface area contributed by atoms with E-state index in [4.69, 9.17) is 4.74 Å². The van der Waals surface area contributed by atoms with Gasteiger partial charge in [-0.25, -0.2) is 0 Å². The molecule has 84 valence electrons. The number of nitrogens with zero attached hydrogens (tertiary/aromatic N) is 1. The van der Waals surface area contributed by atoms with Crippen molar-refractivity contribution in [3.63, 3.8) is 0 Å². The minimum Gasteiger partial charge on any atom is -0.389 e. The van der Waals surface area contributed by atoms with Crippen LogP contribution in [0.15, 0.2) is 0 Å². The van der Waals surface area contributed by atoms with Crippen LogP contribution >= 0.6 is 0 Å². The van der Waals surface area contributed by atoms with E-state index >= 15 is 0 Å². The Morgan fingerprint density at radius 2 is 2.21 bits per heavy atom. The predicted octanol–water partition coefficient (Wildman–Crippen LogP) is 1.26. The molecule has 0 radical (unpaired) electrons. The molecular formula is C11H23NO2. The highest BCUT2D eigenvalue weighted by Gasteiger charge is 2.25. The first-order valence-corrected chi connectivity index (χ1v) is 5.63. The summed E-state index contributed by atoms with van der Waals surface area (Å²) in [7, 11) is 0. The number of hydrogen-bond acceptors (Lipinski definition) is 3. The summed E-state index contributed by atoms with van der Waals surface area (Å²) in [6, 6.07) is 0. The summed E-state index contributed by atoms with van der Waals surface area (Å²) >= 11 is 0. The molecule has 1 saturated heterocycles. The summed E-state index contributed by atoms with van der Waals surface area (Å²) < 4.78 is 5.58. The highest BCUT2D eigenvalue weighted by atomic mass is 16.5. The fraction of sp³-hybridized carbons (Fsp3) is 1.00. The van der Waals surface area contributed by atoms with Crippen LogP contribution in [0.3, 0.4) is 0 Å². The molecule has 1 N–H and O–H groups in total. The van der Waals surface area contributed by atoms with Gasteiger partial charge < -0.3 is 9.84 Å². The molecule has 0 saturated carbocycles. The molecule has 0 aliphatic carbocycles. The van der Waals surface area contributed by atoms with Gasteiger partial charge in [-0.15, -0.1) is 0 Å². The maximum Gasteiger partial charge on any atom is 0.0743 e. The lowest BCUT2D eigenvalue weighted by Gasteiger charge is -2.36. The molecule has 0 aromatic carbocycles. The average molecular weight is 201 g/mol. The molecule has 0 amide bonds. The quantitative estimate of drug-likeness (QED) is 0.743. The van der Waals surface area contributed by atoms with Crippen molar-refractivity contribution in [1.29, 1.82) is 0 Å². The SMILES string of the molecule is CCC1CN(CC(C)(O)CC)CCO1. The maximum absolute atomic E-state index is 9.95. The van der Waals surface area contributed by atoms with Gasteiger partial charge in [-0.1, -0.05) is 13.8 Å². The first kappa shape index (κ1) is 12.0. The second kappa shape index (κ2) is 5.10. The summed E-state index contributed by atoms with van der Waals surface area (Å²) in [5, 5.41) is 9.95. The van der Waals surface area contributed by atoms with Crippen LogP contribution in [0.5, 0.6) is 0 Å². The molecule has 1 aliphatic rings. The summed E-state index contributed by atoms with van der Waals surface area (Å²) in [5.74, 6) is 0. The predicted molar refractivity (Wildman–Crippen MR) is 57.4 cm³/mol. The summed E-state index contributed by atoms with van der Waals surface area (Å²) in [6.07, 6.45) is 2.22. The number of aliphatic hydroxyl groups is 1. The molecule has 14 heavy (non-hydrogen) atoms. The zero-order valence-electron chi connectivity index (χ0n) is 9.62. The molecule has 0 spiro atoms. The molecule has 2 atom stereocenters. The van der Waals surface area contributed by atoms with Gasteiger partial charge in [-0.3, -0.25) is 4.90 Å². The molecular weight excluding hydrogens is 178 g/mol. The summed E-state index contributed by atoms with van der Waals surface area (Å²) in [4.78, 5) is 2.31. The van der Waals surface area contributed by atoms with E-state index in [0.29, 0.717) is 6.10 Å². The fourth-order valence-electron chi connectivity index (χ4n) is 1.76. The van der Waals surface area contributed by atoms with Crippen molar-refractivity contribution in [3.05, 3.63) is 0 Å². The molecule has 2 unspecified atom stereocenters. The van der Waals surface area contributed by atoms with Gasteiger partial charge in [-0.05, 0) is 19.8 Å². The third kappa shape index (κ3) is 3.56. The second-order valence-corrected chi connectivity index (χ2v) is 4.49. The van der Waals surface area contributed by atoms with E-state index in [1.165, 1.54) is 0 Å². The highest BCUT2D eigenvalue weighted by Crippen LogP contribution is 2.14. The van der Waals surface area contributed by atoms with Crippen LogP contribution in [0.1, 0.15) is 33.6 Å². The first-order chi connectivity index (χ1) is 6.57. The van der Waals surface area contributed by atoms with Gasteiger partial charge in [-0.2, -0.15) is 0 Å². The van der Waals surface area contributed by atoms with E-state index < -0.39 is 5.60 Å². The molecule has 3 heteroatoms. The van der Waals surface area contributed by atoms with Crippen LogP contribution in [0.4, 0.5) is 0 Å². The summed E-state index contributed by atoms with van der Waals surface area (Å²) in [6.45, 7) is 9.56. The Kier molecular flexibility index (Phi) is 4.35. The monoisotopic (exact) mass is 201 g/mol. The van der Waals surface area contributed by atoms with E-state index in [1.807, 2.05) is 13.8 Å². The molecule has 1 rings (SSSR count). The molecule has 1 aliphatic heterocycles. The van der Waals surface area contributed by atoms with Crippen LogP contribution in [0.2, 0.25) is 0 Å². The normalized spacial score (nSPS) is 28.7. The Hall–Kier alpha value is -0.120. The number of rotatable bonds is 4. The van der Waals surface area contributed by atoms with Gasteiger partial charge in [0.05, 0.1) is 18.3 Å². The highest BCUT2D eigenvalue weighted by molar-refractivity contribution is 4.79. The molecule has 1 fully saturated rings. The Morgan fingerprint density at radius 1 is 1.50 bits per heavy atom. The van der Waals surface area contributed by atoms with Gasteiger partial charge in [0.15, 0.2) is 0 Å². The van der Waals surface area contributed by atoms with Crippen LogP contribution < -0.4 is 0 Å². The van der Waals surface area contributed by atoms with Crippen LogP contribution in [0, 0.1) is 0 Å². The van der Waals surface area contributed by atoms with Crippen molar-refractivity contribution in [3.8, 4) is 0 Å². The number of hydrogen-bond donors (Lipinski definition) is 1. The van der Waals surface area contributed by atoms with Crippen molar-refractivity contribution < 1.29 is 9.84 Å². The summed E-state index contributed by atoms with van der Waals surface area (Å²) in [5.41, 5.74) is -0.546. The van der Waals surface area contributed by atoms with E-state index in [1.54, 1.807) is 0 Å². The lowest BCUT2D eigenvalue weighted by Crippen LogP contribution is -2.48. The molecule has 0 bridgehead atoms. The molecule has 0 aromatic heterocycles. The van der Waals surface area contributed by atoms with Crippen molar-refractivity contribution in [1.82, 2.24) is 4.90 Å². The fourth-order valence-corrected chi connectivity index (χ4v) is 1.76. The third-order valence-electron chi connectivity index (χ3n) is 3.00. The van der Waals surface area contributed by atoms with E-state index in [2.05, 4.69) is 11.8 Å². The molecule has 3 nitrogen and oxygen atoms in total. The van der Waals surface area contributed by atoms with Gasteiger partial charge in [0.2, 0.25) is 0 Å². The largest absolute Gasteiger partial charge is 0.389 e. The van der Waals surface area contributed by atoms with Crippen LogP contribution in [-0.2, 0) is 4.74 Å². The Bertz CT molecular complexity index is 171. The Labute approximate surface area is 87.1 Å². The minimum atomic E-state index is -0.546. The maximum atomic E-state index is 9.95. The standard InChI is InChI=1S/C11H23NO2/c1-4-10-8-12(6-7-14-10)9-11(3,13)5-2/h10,13H,4-9H2,1-3H3. The van der Waals surface area contributed by atoms with E-state index in [-0.39, 0.29) is 0 Å².